The van der Waals surface area contributed by atoms with E-state index in [1.807, 2.05) is 6.92 Å². The van der Waals surface area contributed by atoms with Crippen LogP contribution in [0.2, 0.25) is 0 Å². The average Bonchev–Trinajstić information content (AvgIpc) is 2.25. The van der Waals surface area contributed by atoms with Crippen LogP contribution in [0, 0.1) is 5.41 Å². The van der Waals surface area contributed by atoms with Crippen molar-refractivity contribution < 1.29 is 19.1 Å². The average molecular weight is 352 g/mol. The van der Waals surface area contributed by atoms with Crippen LogP contribution in [0.1, 0.15) is 19.8 Å². The van der Waals surface area contributed by atoms with E-state index < -0.39 is 23.3 Å². The zero-order valence-electron chi connectivity index (χ0n) is 9.29. The molecule has 2 aliphatic rings. The molecule has 0 aliphatic carbocycles. The van der Waals surface area contributed by atoms with Crippen LogP contribution >= 0.6 is 22.6 Å². The van der Waals surface area contributed by atoms with Gasteiger partial charge in [-0.1, -0.05) is 22.6 Å². The van der Waals surface area contributed by atoms with Crippen molar-refractivity contribution in [3.63, 3.8) is 0 Å². The molecule has 2 fully saturated rings. The third kappa shape index (κ3) is 2.17. The van der Waals surface area contributed by atoms with E-state index in [4.69, 9.17) is 4.74 Å². The van der Waals surface area contributed by atoms with Crippen LogP contribution in [0.3, 0.4) is 0 Å². The molecule has 0 bridgehead atoms. The largest absolute Gasteiger partial charge is 0.374 e. The minimum atomic E-state index is -1.15. The van der Waals surface area contributed by atoms with Crippen LogP contribution in [0.15, 0.2) is 0 Å². The van der Waals surface area contributed by atoms with Gasteiger partial charge >= 0.3 is 6.03 Å². The highest BCUT2D eigenvalue weighted by Gasteiger charge is 2.54. The Morgan fingerprint density at radius 1 is 1.29 bits per heavy atom. The fourth-order valence-corrected chi connectivity index (χ4v) is 2.95. The van der Waals surface area contributed by atoms with Crippen molar-refractivity contribution in [1.82, 2.24) is 10.6 Å². The van der Waals surface area contributed by atoms with Gasteiger partial charge in [0.15, 0.2) is 0 Å². The molecule has 6 nitrogen and oxygen atoms in total. The number of barbiturate groups is 1. The van der Waals surface area contributed by atoms with Crippen molar-refractivity contribution in [2.45, 2.75) is 32.0 Å². The highest BCUT2D eigenvalue weighted by molar-refractivity contribution is 14.1. The second-order valence-electron chi connectivity index (χ2n) is 4.45. The molecule has 4 amide bonds. The van der Waals surface area contributed by atoms with Crippen molar-refractivity contribution in [1.29, 1.82) is 0 Å². The second-order valence-corrected chi connectivity index (χ2v) is 5.33. The summed E-state index contributed by atoms with van der Waals surface area (Å²) in [7, 11) is 0. The van der Waals surface area contributed by atoms with Crippen molar-refractivity contribution in [3.8, 4) is 0 Å². The molecule has 2 unspecified atom stereocenters. The number of nitrogens with one attached hydrogen (secondary N) is 2. The van der Waals surface area contributed by atoms with Gasteiger partial charge in [-0.2, -0.15) is 0 Å². The zero-order valence-corrected chi connectivity index (χ0v) is 11.4. The van der Waals surface area contributed by atoms with Gasteiger partial charge in [-0.15, -0.1) is 0 Å². The molecule has 0 aromatic heterocycles. The number of alkyl halides is 1. The van der Waals surface area contributed by atoms with Crippen molar-refractivity contribution in [2.75, 3.05) is 4.43 Å². The Kier molecular flexibility index (Phi) is 3.39. The smallest absolute Gasteiger partial charge is 0.328 e. The van der Waals surface area contributed by atoms with Gasteiger partial charge in [-0.3, -0.25) is 20.2 Å². The van der Waals surface area contributed by atoms with Crippen LogP contribution in [0.25, 0.3) is 0 Å². The Morgan fingerprint density at radius 3 is 2.41 bits per heavy atom. The predicted octanol–water partition coefficient (Wildman–Crippen LogP) is 0.341. The minimum Gasteiger partial charge on any atom is -0.374 e. The number of imide groups is 2. The van der Waals surface area contributed by atoms with Gasteiger partial charge in [0.05, 0.1) is 12.2 Å². The van der Waals surface area contributed by atoms with E-state index in [0.717, 1.165) is 0 Å². The summed E-state index contributed by atoms with van der Waals surface area (Å²) in [6.07, 6.45) is 0.327. The molecule has 2 heterocycles. The first kappa shape index (κ1) is 12.7. The SMILES string of the molecule is CC1CC2(CC(CI)O1)C(=O)NC(=O)NC2=O. The first-order chi connectivity index (χ1) is 7.98. The Balaban J connectivity index is 2.29. The summed E-state index contributed by atoms with van der Waals surface area (Å²) in [5, 5.41) is 4.34. The summed E-state index contributed by atoms with van der Waals surface area (Å²) in [6.45, 7) is 1.83. The molecule has 2 atom stereocenters. The lowest BCUT2D eigenvalue weighted by molar-refractivity contribution is -0.159. The van der Waals surface area contributed by atoms with Crippen LogP contribution in [-0.2, 0) is 14.3 Å². The van der Waals surface area contributed by atoms with E-state index in [1.165, 1.54) is 0 Å². The first-order valence-electron chi connectivity index (χ1n) is 5.36. The van der Waals surface area contributed by atoms with Crippen LogP contribution in [0.5, 0.6) is 0 Å². The summed E-state index contributed by atoms with van der Waals surface area (Å²) >= 11 is 2.16. The van der Waals surface area contributed by atoms with E-state index >= 15 is 0 Å². The minimum absolute atomic E-state index is 0.135. The molecule has 0 saturated carbocycles. The van der Waals surface area contributed by atoms with Gasteiger partial charge in [0.2, 0.25) is 11.8 Å². The molecule has 17 heavy (non-hydrogen) atoms. The topological polar surface area (TPSA) is 84.5 Å². The van der Waals surface area contributed by atoms with Crippen LogP contribution in [-0.4, -0.2) is 34.5 Å². The molecule has 0 radical (unpaired) electrons. The fourth-order valence-electron chi connectivity index (χ4n) is 2.43. The van der Waals surface area contributed by atoms with E-state index in [1.54, 1.807) is 0 Å². The monoisotopic (exact) mass is 352 g/mol. The Labute approximate surface area is 112 Å². The molecule has 2 rings (SSSR count). The second kappa shape index (κ2) is 4.52. The third-order valence-corrected chi connectivity index (χ3v) is 4.11. The maximum atomic E-state index is 11.9. The molecule has 0 aromatic rings. The van der Waals surface area contributed by atoms with Gasteiger partial charge < -0.3 is 4.74 Å². The molecule has 2 saturated heterocycles. The number of ether oxygens (including phenoxy) is 1. The van der Waals surface area contributed by atoms with E-state index in [0.29, 0.717) is 17.3 Å². The number of carbonyl (C=O) groups is 3. The molecule has 7 heteroatoms. The highest BCUT2D eigenvalue weighted by Crippen LogP contribution is 2.38. The highest BCUT2D eigenvalue weighted by atomic mass is 127. The Bertz CT molecular complexity index is 365. The fraction of sp³-hybridized carbons (Fsp3) is 0.700. The molecule has 2 aliphatic heterocycles. The molecule has 2 N–H and O–H groups in total. The zero-order chi connectivity index (χ0) is 12.6. The molecular formula is C10H13IN2O4. The van der Waals surface area contributed by atoms with Gasteiger partial charge in [-0.25, -0.2) is 4.79 Å². The Morgan fingerprint density at radius 2 is 1.88 bits per heavy atom. The summed E-state index contributed by atoms with van der Waals surface area (Å²) in [5.41, 5.74) is -1.15. The molecule has 1 spiro atoms. The lowest BCUT2D eigenvalue weighted by Crippen LogP contribution is -2.65. The number of hydrogen-bond donors (Lipinski definition) is 2. The normalized spacial score (nSPS) is 32.2. The maximum Gasteiger partial charge on any atom is 0.328 e. The van der Waals surface area contributed by atoms with E-state index in [-0.39, 0.29) is 12.2 Å². The number of urea groups is 1. The lowest BCUT2D eigenvalue weighted by Gasteiger charge is -2.42. The summed E-state index contributed by atoms with van der Waals surface area (Å²) < 4.78 is 6.34. The van der Waals surface area contributed by atoms with Crippen molar-refractivity contribution >= 4 is 40.4 Å². The van der Waals surface area contributed by atoms with Gasteiger partial charge in [0, 0.05) is 4.43 Å². The first-order valence-corrected chi connectivity index (χ1v) is 6.89. The van der Waals surface area contributed by atoms with Crippen molar-refractivity contribution in [3.05, 3.63) is 0 Å². The maximum absolute atomic E-state index is 11.9. The van der Waals surface area contributed by atoms with Gasteiger partial charge in [-0.05, 0) is 19.8 Å². The van der Waals surface area contributed by atoms with Gasteiger partial charge in [0.25, 0.3) is 0 Å². The number of hydrogen-bond acceptors (Lipinski definition) is 4. The van der Waals surface area contributed by atoms with Gasteiger partial charge in [0.1, 0.15) is 5.41 Å². The summed E-state index contributed by atoms with van der Waals surface area (Å²) in [5.74, 6) is -1.01. The number of rotatable bonds is 1. The molecule has 94 valence electrons. The molecule has 0 aromatic carbocycles. The standard InChI is InChI=1S/C10H13IN2O4/c1-5-2-10(3-6(4-11)17-5)7(14)12-9(16)13-8(10)15/h5-6H,2-4H2,1H3,(H2,12,13,14,15,16). The number of halogens is 1. The summed E-state index contributed by atoms with van der Waals surface area (Å²) in [6, 6.07) is -0.740. The quantitative estimate of drug-likeness (QED) is 0.405. The number of carbonyl (C=O) groups excluding carboxylic acids is 3. The lowest BCUT2D eigenvalue weighted by atomic mass is 9.73. The number of amides is 4. The van der Waals surface area contributed by atoms with E-state index in [9.17, 15) is 14.4 Å². The molecular weight excluding hydrogens is 339 g/mol. The van der Waals surface area contributed by atoms with Crippen LogP contribution in [0.4, 0.5) is 4.79 Å². The van der Waals surface area contributed by atoms with Crippen LogP contribution < -0.4 is 10.6 Å². The van der Waals surface area contributed by atoms with Crippen molar-refractivity contribution in [2.24, 2.45) is 5.41 Å². The summed E-state index contributed by atoms with van der Waals surface area (Å²) in [4.78, 5) is 34.9. The predicted molar refractivity (Wildman–Crippen MR) is 66.6 cm³/mol. The third-order valence-electron chi connectivity index (χ3n) is 3.13. The Hall–Kier alpha value is -0.700. The van der Waals surface area contributed by atoms with E-state index in [2.05, 4.69) is 33.2 Å².